The summed E-state index contributed by atoms with van der Waals surface area (Å²) in [4.78, 5) is 24.6. The summed E-state index contributed by atoms with van der Waals surface area (Å²) < 4.78 is 0. The number of rotatable bonds is 4. The van der Waals surface area contributed by atoms with Gasteiger partial charge in [-0.05, 0) is 54.7 Å². The number of fused-ring (bicyclic) bond motifs is 6. The van der Waals surface area contributed by atoms with Crippen molar-refractivity contribution in [2.24, 2.45) is 5.41 Å². The zero-order valence-corrected chi connectivity index (χ0v) is 19.7. The van der Waals surface area contributed by atoms with Crippen molar-refractivity contribution in [3.63, 3.8) is 0 Å². The van der Waals surface area contributed by atoms with Crippen molar-refractivity contribution in [2.45, 2.75) is 44.4 Å². The molecule has 1 aromatic heterocycles. The Morgan fingerprint density at radius 2 is 1.24 bits per heavy atom. The minimum absolute atomic E-state index is 0.0303. The quantitative estimate of drug-likeness (QED) is 0.399. The average Bonchev–Trinajstić information content (AvgIpc) is 3.17. The fourth-order valence-electron chi connectivity index (χ4n) is 6.18. The summed E-state index contributed by atoms with van der Waals surface area (Å²) in [5.74, 6) is -0.0303. The molecule has 170 valence electrons. The predicted octanol–water partition coefficient (Wildman–Crippen LogP) is 5.83. The SMILES string of the molecule is CC12CCC(C(=O)NN(c3ccccc3)c3ccccc3)(c3nc4ccccc4nc31)C2(C)C. The molecular weight excluding hydrogens is 420 g/mol. The molecule has 2 aliphatic carbocycles. The Morgan fingerprint density at radius 3 is 1.79 bits per heavy atom. The van der Waals surface area contributed by atoms with E-state index in [2.05, 4.69) is 26.2 Å². The number of hydrazine groups is 1. The predicted molar refractivity (Wildman–Crippen MR) is 135 cm³/mol. The van der Waals surface area contributed by atoms with Crippen LogP contribution in [-0.4, -0.2) is 15.9 Å². The number of nitrogens with one attached hydrogen (secondary N) is 1. The summed E-state index contributed by atoms with van der Waals surface area (Å²) >= 11 is 0. The van der Waals surface area contributed by atoms with Gasteiger partial charge in [-0.1, -0.05) is 69.3 Å². The zero-order chi connectivity index (χ0) is 23.6. The van der Waals surface area contributed by atoms with Gasteiger partial charge < -0.3 is 0 Å². The van der Waals surface area contributed by atoms with Crippen LogP contribution in [0.4, 0.5) is 11.4 Å². The molecule has 3 aromatic carbocycles. The van der Waals surface area contributed by atoms with Crippen LogP contribution in [0.15, 0.2) is 84.9 Å². The van der Waals surface area contributed by atoms with Crippen LogP contribution < -0.4 is 10.4 Å². The van der Waals surface area contributed by atoms with Crippen molar-refractivity contribution in [3.05, 3.63) is 96.3 Å². The van der Waals surface area contributed by atoms with E-state index in [0.717, 1.165) is 46.6 Å². The summed E-state index contributed by atoms with van der Waals surface area (Å²) in [6.45, 7) is 6.68. The molecule has 6 rings (SSSR count). The third kappa shape index (κ3) is 2.58. The number of carbonyl (C=O) groups excluding carboxylic acids is 1. The number of hydrogen-bond acceptors (Lipinski definition) is 4. The monoisotopic (exact) mass is 448 g/mol. The first-order chi connectivity index (χ1) is 16.4. The highest BCUT2D eigenvalue weighted by molar-refractivity contribution is 5.94. The molecular formula is C29H28N4O. The van der Waals surface area contributed by atoms with Crippen LogP contribution in [0.1, 0.15) is 45.0 Å². The molecule has 0 saturated heterocycles. The molecule has 0 spiro atoms. The number of nitrogens with zero attached hydrogens (tertiary/aromatic N) is 3. The third-order valence-corrected chi connectivity index (χ3v) is 8.57. The van der Waals surface area contributed by atoms with E-state index >= 15 is 0 Å². The maximum atomic E-state index is 14.4. The van der Waals surface area contributed by atoms with Crippen LogP contribution in [0.5, 0.6) is 0 Å². The van der Waals surface area contributed by atoms with E-state index in [-0.39, 0.29) is 16.7 Å². The molecule has 2 bridgehead atoms. The highest BCUT2D eigenvalue weighted by Crippen LogP contribution is 2.70. The first-order valence-corrected chi connectivity index (χ1v) is 11.9. The molecule has 1 amide bonds. The van der Waals surface area contributed by atoms with Gasteiger partial charge in [0, 0.05) is 5.41 Å². The third-order valence-electron chi connectivity index (χ3n) is 8.57. The topological polar surface area (TPSA) is 58.1 Å². The van der Waals surface area contributed by atoms with E-state index in [1.807, 2.05) is 89.9 Å². The van der Waals surface area contributed by atoms with Crippen molar-refractivity contribution in [3.8, 4) is 0 Å². The number of carbonyl (C=O) groups is 1. The van der Waals surface area contributed by atoms with E-state index in [9.17, 15) is 4.79 Å². The molecule has 0 aliphatic heterocycles. The lowest BCUT2D eigenvalue weighted by molar-refractivity contribution is -0.130. The molecule has 2 unspecified atom stereocenters. The summed E-state index contributed by atoms with van der Waals surface area (Å²) in [5.41, 5.74) is 7.30. The zero-order valence-electron chi connectivity index (χ0n) is 19.7. The Morgan fingerprint density at radius 1 is 0.735 bits per heavy atom. The Labute approximate surface area is 199 Å². The highest BCUT2D eigenvalue weighted by atomic mass is 16.2. The Hall–Kier alpha value is -3.73. The van der Waals surface area contributed by atoms with Crippen LogP contribution in [-0.2, 0) is 15.6 Å². The van der Waals surface area contributed by atoms with E-state index in [4.69, 9.17) is 9.97 Å². The summed E-state index contributed by atoms with van der Waals surface area (Å²) in [6.07, 6.45) is 1.66. The maximum Gasteiger partial charge on any atom is 0.251 e. The first kappa shape index (κ1) is 20.8. The molecule has 4 aromatic rings. The summed E-state index contributed by atoms with van der Waals surface area (Å²) in [7, 11) is 0. The van der Waals surface area contributed by atoms with Gasteiger partial charge in [-0.25, -0.2) is 9.97 Å². The van der Waals surface area contributed by atoms with Crippen molar-refractivity contribution in [1.82, 2.24) is 15.4 Å². The van der Waals surface area contributed by atoms with Crippen LogP contribution >= 0.6 is 0 Å². The van der Waals surface area contributed by atoms with E-state index in [1.54, 1.807) is 0 Å². The molecule has 5 heteroatoms. The number of aromatic nitrogens is 2. The fourth-order valence-corrected chi connectivity index (χ4v) is 6.18. The van der Waals surface area contributed by atoms with Gasteiger partial charge in [-0.3, -0.25) is 15.2 Å². The maximum absolute atomic E-state index is 14.4. The van der Waals surface area contributed by atoms with E-state index in [1.165, 1.54) is 0 Å². The standard InChI is InChI=1S/C29H28N4O/c1-27(2)28(3)18-19-29(27,25-24(28)30-22-16-10-11-17-23(22)31-25)26(34)32-33(20-12-6-4-7-13-20)21-14-8-5-9-15-21/h4-17H,18-19H2,1-3H3,(H,32,34). The van der Waals surface area contributed by atoms with Gasteiger partial charge in [-0.2, -0.15) is 0 Å². The van der Waals surface area contributed by atoms with E-state index in [0.29, 0.717) is 0 Å². The number of benzene rings is 3. The van der Waals surface area contributed by atoms with Gasteiger partial charge in [-0.15, -0.1) is 0 Å². The van der Waals surface area contributed by atoms with Gasteiger partial charge in [0.05, 0.1) is 33.8 Å². The Bertz CT molecular complexity index is 1360. The molecule has 1 heterocycles. The van der Waals surface area contributed by atoms with Crippen LogP contribution in [0, 0.1) is 5.41 Å². The molecule has 5 nitrogen and oxygen atoms in total. The van der Waals surface area contributed by atoms with Crippen LogP contribution in [0.25, 0.3) is 11.0 Å². The molecule has 1 N–H and O–H groups in total. The summed E-state index contributed by atoms with van der Waals surface area (Å²) in [5, 5.41) is 1.88. The van der Waals surface area contributed by atoms with Crippen molar-refractivity contribution < 1.29 is 4.79 Å². The van der Waals surface area contributed by atoms with Gasteiger partial charge in [0.1, 0.15) is 5.41 Å². The average molecular weight is 449 g/mol. The molecule has 34 heavy (non-hydrogen) atoms. The smallest absolute Gasteiger partial charge is 0.251 e. The molecule has 2 atom stereocenters. The number of amides is 1. The highest BCUT2D eigenvalue weighted by Gasteiger charge is 2.73. The van der Waals surface area contributed by atoms with Crippen LogP contribution in [0.2, 0.25) is 0 Å². The largest absolute Gasteiger partial charge is 0.272 e. The second-order valence-electron chi connectivity index (χ2n) is 10.2. The lowest BCUT2D eigenvalue weighted by Gasteiger charge is -2.40. The normalized spacial score (nSPS) is 24.1. The number of hydrogen-bond donors (Lipinski definition) is 1. The lowest BCUT2D eigenvalue weighted by Crippen LogP contribution is -2.55. The molecule has 1 saturated carbocycles. The molecule has 0 radical (unpaired) electrons. The number of anilines is 2. The van der Waals surface area contributed by atoms with Crippen molar-refractivity contribution in [2.75, 3.05) is 5.01 Å². The fraction of sp³-hybridized carbons (Fsp3) is 0.276. The van der Waals surface area contributed by atoms with E-state index < -0.39 is 5.41 Å². The van der Waals surface area contributed by atoms with Gasteiger partial charge in [0.15, 0.2) is 0 Å². The minimum Gasteiger partial charge on any atom is -0.272 e. The minimum atomic E-state index is -0.768. The lowest BCUT2D eigenvalue weighted by atomic mass is 9.63. The van der Waals surface area contributed by atoms with Gasteiger partial charge >= 0.3 is 0 Å². The second-order valence-corrected chi connectivity index (χ2v) is 10.2. The van der Waals surface area contributed by atoms with Gasteiger partial charge in [0.2, 0.25) is 0 Å². The summed E-state index contributed by atoms with van der Waals surface area (Å²) in [6, 6.07) is 27.9. The van der Waals surface area contributed by atoms with Crippen molar-refractivity contribution >= 4 is 28.3 Å². The Balaban J connectivity index is 1.50. The van der Waals surface area contributed by atoms with Crippen molar-refractivity contribution in [1.29, 1.82) is 0 Å². The van der Waals surface area contributed by atoms with Crippen LogP contribution in [0.3, 0.4) is 0 Å². The number of para-hydroxylation sites is 4. The first-order valence-electron chi connectivity index (χ1n) is 11.9. The Kier molecular flexibility index (Phi) is 4.37. The van der Waals surface area contributed by atoms with Gasteiger partial charge in [0.25, 0.3) is 5.91 Å². The molecule has 1 fully saturated rings. The second kappa shape index (κ2) is 7.13. The molecule has 2 aliphatic rings.